The van der Waals surface area contributed by atoms with Crippen LogP contribution in [-0.4, -0.2) is 51.9 Å². The number of rotatable bonds is 4. The van der Waals surface area contributed by atoms with Crippen LogP contribution in [0.2, 0.25) is 0 Å². The van der Waals surface area contributed by atoms with E-state index in [0.717, 1.165) is 13.4 Å². The molecule has 0 fully saturated rings. The van der Waals surface area contributed by atoms with Gasteiger partial charge in [0.2, 0.25) is 0 Å². The predicted octanol–water partition coefficient (Wildman–Crippen LogP) is -0.886. The van der Waals surface area contributed by atoms with E-state index in [0.29, 0.717) is 6.54 Å². The van der Waals surface area contributed by atoms with E-state index in [-0.39, 0.29) is 0 Å². The third-order valence-corrected chi connectivity index (χ3v) is 0.902. The van der Waals surface area contributed by atoms with Crippen molar-refractivity contribution in [2.24, 2.45) is 0 Å². The van der Waals surface area contributed by atoms with Gasteiger partial charge in [0.05, 0.1) is 13.7 Å². The van der Waals surface area contributed by atoms with E-state index in [1.54, 1.807) is 0 Å². The van der Waals surface area contributed by atoms with Gasteiger partial charge in [-0.15, -0.1) is 0 Å². The summed E-state index contributed by atoms with van der Waals surface area (Å²) in [7, 11) is 0.281. The molecule has 0 aliphatic rings. The molecule has 8 heteroatoms. The van der Waals surface area contributed by atoms with Crippen LogP contribution in [0.15, 0.2) is 0 Å². The number of aldehydes is 1. The summed E-state index contributed by atoms with van der Waals surface area (Å²) in [6, 6.07) is 0. The van der Waals surface area contributed by atoms with E-state index in [1.165, 1.54) is 0 Å². The number of hydrogen-bond acceptors (Lipinski definition) is 6. The molecule has 1 N–H and O–H groups in total. The van der Waals surface area contributed by atoms with Crippen LogP contribution in [-0.2, 0) is 24.4 Å². The monoisotopic (exact) mass is 215 g/mol. The molecule has 0 heterocycles. The average molecular weight is 215 g/mol. The minimum atomic E-state index is -4.40. The van der Waals surface area contributed by atoms with Gasteiger partial charge in [-0.3, -0.25) is 4.55 Å². The molecule has 80 valence electrons. The molecule has 0 aliphatic carbocycles. The molecule has 0 aromatic carbocycles. The van der Waals surface area contributed by atoms with Crippen LogP contribution in [0.5, 0.6) is 0 Å². The van der Waals surface area contributed by atoms with Crippen molar-refractivity contribution in [3.05, 3.63) is 0 Å². The van der Waals surface area contributed by atoms with E-state index < -0.39 is 10.4 Å². The zero-order chi connectivity index (χ0) is 10.9. The summed E-state index contributed by atoms with van der Waals surface area (Å²) >= 11 is 0. The Hall–Kier alpha value is -0.540. The molecule has 0 aromatic rings. The first-order valence-electron chi connectivity index (χ1n) is 3.11. The van der Waals surface area contributed by atoms with Crippen LogP contribution in [0.25, 0.3) is 0 Å². The highest BCUT2D eigenvalue weighted by molar-refractivity contribution is 7.80. The van der Waals surface area contributed by atoms with Gasteiger partial charge < -0.3 is 9.69 Å². The molecule has 0 aliphatic heterocycles. The maximum absolute atomic E-state index is 9.57. The maximum atomic E-state index is 9.57. The third kappa shape index (κ3) is 24.6. The summed E-state index contributed by atoms with van der Waals surface area (Å²) in [5.41, 5.74) is 0. The Bertz CT molecular complexity index is 211. The van der Waals surface area contributed by atoms with Crippen molar-refractivity contribution in [2.45, 2.75) is 0 Å². The summed E-state index contributed by atoms with van der Waals surface area (Å²) in [4.78, 5) is 15.0. The van der Waals surface area contributed by atoms with Crippen molar-refractivity contribution in [2.75, 3.05) is 27.7 Å². The number of nitrogens with zero attached hydrogens (tertiary/aromatic N) is 1. The molecule has 0 spiro atoms. The summed E-state index contributed by atoms with van der Waals surface area (Å²) < 4.78 is 29.8. The lowest BCUT2D eigenvalue weighted by Crippen LogP contribution is -2.13. The second-order valence-corrected chi connectivity index (χ2v) is 3.08. The van der Waals surface area contributed by atoms with Gasteiger partial charge in [0.25, 0.3) is 0 Å². The first kappa shape index (κ1) is 15.0. The summed E-state index contributed by atoms with van der Waals surface area (Å²) in [5.74, 6) is 0. The van der Waals surface area contributed by atoms with Gasteiger partial charge in [-0.1, -0.05) is 4.33 Å². The quantitative estimate of drug-likeness (QED) is 0.281. The molecule has 13 heavy (non-hydrogen) atoms. The Labute approximate surface area is 77.1 Å². The third-order valence-electron chi connectivity index (χ3n) is 0.594. The second kappa shape index (κ2) is 8.08. The average Bonchev–Trinajstić information content (AvgIpc) is 1.84. The second-order valence-electron chi connectivity index (χ2n) is 2.09. The van der Waals surface area contributed by atoms with Crippen LogP contribution in [0.1, 0.15) is 0 Å². The van der Waals surface area contributed by atoms with Crippen molar-refractivity contribution in [3.8, 4) is 0 Å². The van der Waals surface area contributed by atoms with Crippen LogP contribution in [0, 0.1) is 0 Å². The van der Waals surface area contributed by atoms with Crippen LogP contribution in [0.3, 0.4) is 0 Å². The fraction of sp³-hybridized carbons (Fsp3) is 0.800. The lowest BCUT2D eigenvalue weighted by atomic mass is 10.7. The smallest absolute Gasteiger partial charge is 0.303 e. The predicted molar refractivity (Wildman–Crippen MR) is 44.3 cm³/mol. The van der Waals surface area contributed by atoms with E-state index in [2.05, 4.69) is 9.22 Å². The van der Waals surface area contributed by atoms with Crippen molar-refractivity contribution < 1.29 is 27.0 Å². The minimum absolute atomic E-state index is 0.528. The lowest BCUT2D eigenvalue weighted by Gasteiger charge is -1.99. The van der Waals surface area contributed by atoms with Gasteiger partial charge in [-0.05, 0) is 14.1 Å². The zero-order valence-corrected chi connectivity index (χ0v) is 8.44. The SMILES string of the molecule is CN(C)CC=O.COOS(=O)(=O)O. The molecule has 0 radical (unpaired) electrons. The number of carbonyl (C=O) groups excluding carboxylic acids is 1. The van der Waals surface area contributed by atoms with Crippen molar-refractivity contribution in [3.63, 3.8) is 0 Å². The number of carbonyl (C=O) groups is 1. The molecule has 0 unspecified atom stereocenters. The van der Waals surface area contributed by atoms with E-state index in [4.69, 9.17) is 4.55 Å². The lowest BCUT2D eigenvalue weighted by molar-refractivity contribution is -0.179. The van der Waals surface area contributed by atoms with Gasteiger partial charge in [0.1, 0.15) is 6.29 Å². The zero-order valence-electron chi connectivity index (χ0n) is 7.63. The molecular weight excluding hydrogens is 202 g/mol. The van der Waals surface area contributed by atoms with Crippen molar-refractivity contribution >= 4 is 16.7 Å². The summed E-state index contributed by atoms with van der Waals surface area (Å²) in [5, 5.41) is 0. The van der Waals surface area contributed by atoms with E-state index >= 15 is 0 Å². The normalized spacial score (nSPS) is 10.5. The van der Waals surface area contributed by atoms with Crippen LogP contribution >= 0.6 is 0 Å². The van der Waals surface area contributed by atoms with Crippen molar-refractivity contribution in [1.29, 1.82) is 0 Å². The van der Waals surface area contributed by atoms with Gasteiger partial charge in [-0.25, -0.2) is 4.89 Å². The summed E-state index contributed by atoms with van der Waals surface area (Å²) in [6.45, 7) is 0.528. The molecule has 7 nitrogen and oxygen atoms in total. The molecule has 0 rings (SSSR count). The van der Waals surface area contributed by atoms with Gasteiger partial charge >= 0.3 is 10.4 Å². The van der Waals surface area contributed by atoms with Crippen LogP contribution < -0.4 is 0 Å². The Morgan fingerprint density at radius 2 is 1.92 bits per heavy atom. The largest absolute Gasteiger partial charge is 0.424 e. The van der Waals surface area contributed by atoms with E-state index in [1.807, 2.05) is 19.0 Å². The Morgan fingerprint density at radius 1 is 1.46 bits per heavy atom. The standard InChI is InChI=1S/C4H9NO.CH4O5S/c1-5(2)3-4-6;1-5-6-7(2,3)4/h4H,3H2,1-2H3;1H3,(H,2,3,4). The molecular formula is C5H13NO6S. The topological polar surface area (TPSA) is 93.1 Å². The fourth-order valence-corrected chi connectivity index (χ4v) is 0.407. The van der Waals surface area contributed by atoms with Gasteiger partial charge in [-0.2, -0.15) is 8.42 Å². The van der Waals surface area contributed by atoms with Crippen LogP contribution in [0.4, 0.5) is 0 Å². The maximum Gasteiger partial charge on any atom is 0.424 e. The highest BCUT2D eigenvalue weighted by Gasteiger charge is 2.00. The molecule has 0 bridgehead atoms. The Morgan fingerprint density at radius 3 is 1.92 bits per heavy atom. The molecule has 0 saturated heterocycles. The van der Waals surface area contributed by atoms with Gasteiger partial charge in [0.15, 0.2) is 0 Å². The summed E-state index contributed by atoms with van der Waals surface area (Å²) in [6.07, 6.45) is 0.875. The Balaban J connectivity index is 0. The first-order chi connectivity index (χ1) is 5.83. The highest BCUT2D eigenvalue weighted by Crippen LogP contribution is 1.81. The van der Waals surface area contributed by atoms with Crippen molar-refractivity contribution in [1.82, 2.24) is 4.90 Å². The Kier molecular flexibility index (Phi) is 9.29. The molecule has 0 atom stereocenters. The fourth-order valence-electron chi connectivity index (χ4n) is 0.235. The number of likely N-dealkylation sites (N-methyl/N-ethyl adjacent to an activating group) is 1. The first-order valence-corrected chi connectivity index (χ1v) is 4.48. The molecule has 0 aromatic heterocycles. The van der Waals surface area contributed by atoms with Gasteiger partial charge in [0, 0.05) is 0 Å². The van der Waals surface area contributed by atoms with E-state index in [9.17, 15) is 13.2 Å². The molecule has 0 saturated carbocycles. The minimum Gasteiger partial charge on any atom is -0.303 e. The molecule has 0 amide bonds. The number of hydrogen-bond donors (Lipinski definition) is 1. The highest BCUT2D eigenvalue weighted by atomic mass is 32.3.